The molecule has 8 heteroatoms. The molecule has 0 radical (unpaired) electrons. The molecule has 0 spiro atoms. The molecule has 0 aliphatic carbocycles. The molecular weight excluding hydrogens is 351 g/mol. The second-order valence-corrected chi connectivity index (χ2v) is 6.72. The van der Waals surface area contributed by atoms with Crippen LogP contribution >= 0.6 is 0 Å². The Labute approximate surface area is 157 Å². The van der Waals surface area contributed by atoms with Gasteiger partial charge in [0.25, 0.3) is 5.89 Å². The average Bonchev–Trinajstić information content (AvgIpc) is 3.11. The standard InChI is InChI=1S/C19H25FN4O3/c1-3-26-19(25)21-11-14-6-4-5-9-24(14)12-17-22-18(27-23-17)15-10-13(2)7-8-16(15)20/h7-8,10,14H,3-6,9,11-12H2,1-2H3,(H,21,25). The van der Waals surface area contributed by atoms with E-state index in [1.54, 1.807) is 19.1 Å². The average molecular weight is 376 g/mol. The summed E-state index contributed by atoms with van der Waals surface area (Å²) in [6.07, 6.45) is 2.76. The van der Waals surface area contributed by atoms with E-state index in [4.69, 9.17) is 9.26 Å². The molecular formula is C19H25FN4O3. The van der Waals surface area contributed by atoms with Crippen LogP contribution < -0.4 is 5.32 Å². The Kier molecular flexibility index (Phi) is 6.39. The van der Waals surface area contributed by atoms with E-state index in [9.17, 15) is 9.18 Å². The van der Waals surface area contributed by atoms with Crippen molar-refractivity contribution in [3.05, 3.63) is 35.4 Å². The Morgan fingerprint density at radius 2 is 2.30 bits per heavy atom. The van der Waals surface area contributed by atoms with Crippen LogP contribution in [0.3, 0.4) is 0 Å². The third-order valence-electron chi connectivity index (χ3n) is 4.67. The van der Waals surface area contributed by atoms with Gasteiger partial charge in [-0.15, -0.1) is 0 Å². The van der Waals surface area contributed by atoms with Gasteiger partial charge in [-0.05, 0) is 45.4 Å². The minimum absolute atomic E-state index is 0.181. The quantitative estimate of drug-likeness (QED) is 0.833. The molecule has 1 aromatic heterocycles. The number of piperidine rings is 1. The number of likely N-dealkylation sites (tertiary alicyclic amines) is 1. The van der Waals surface area contributed by atoms with Gasteiger partial charge in [-0.25, -0.2) is 9.18 Å². The summed E-state index contributed by atoms with van der Waals surface area (Å²) < 4.78 is 24.2. The molecule has 0 saturated carbocycles. The summed E-state index contributed by atoms with van der Waals surface area (Å²) in [5.41, 5.74) is 1.24. The second kappa shape index (κ2) is 8.94. The van der Waals surface area contributed by atoms with E-state index in [-0.39, 0.29) is 17.7 Å². The number of alkyl carbamates (subject to hydrolysis) is 1. The van der Waals surface area contributed by atoms with Crippen molar-refractivity contribution in [2.75, 3.05) is 19.7 Å². The summed E-state index contributed by atoms with van der Waals surface area (Å²) in [7, 11) is 0. The third kappa shape index (κ3) is 5.03. The van der Waals surface area contributed by atoms with Gasteiger partial charge in [0, 0.05) is 12.6 Å². The predicted molar refractivity (Wildman–Crippen MR) is 97.5 cm³/mol. The molecule has 1 amide bonds. The van der Waals surface area contributed by atoms with E-state index < -0.39 is 6.09 Å². The fourth-order valence-electron chi connectivity index (χ4n) is 3.29. The zero-order valence-electron chi connectivity index (χ0n) is 15.7. The fraction of sp³-hybridized carbons (Fsp3) is 0.526. The number of nitrogens with zero attached hydrogens (tertiary/aromatic N) is 3. The zero-order chi connectivity index (χ0) is 19.2. The second-order valence-electron chi connectivity index (χ2n) is 6.72. The van der Waals surface area contributed by atoms with E-state index in [2.05, 4.69) is 20.4 Å². The molecule has 146 valence electrons. The number of aryl methyl sites for hydroxylation is 1. The maximum absolute atomic E-state index is 14.0. The van der Waals surface area contributed by atoms with Crippen LogP contribution in [-0.4, -0.2) is 46.9 Å². The molecule has 1 atom stereocenters. The molecule has 1 N–H and O–H groups in total. The van der Waals surface area contributed by atoms with Crippen LogP contribution in [0.5, 0.6) is 0 Å². The number of aromatic nitrogens is 2. The molecule has 7 nitrogen and oxygen atoms in total. The van der Waals surface area contributed by atoms with E-state index in [1.165, 1.54) is 6.07 Å². The van der Waals surface area contributed by atoms with Crippen LogP contribution in [0.2, 0.25) is 0 Å². The van der Waals surface area contributed by atoms with Crippen LogP contribution in [0.25, 0.3) is 11.5 Å². The molecule has 1 fully saturated rings. The summed E-state index contributed by atoms with van der Waals surface area (Å²) in [5, 5.41) is 6.81. The molecule has 1 unspecified atom stereocenters. The molecule has 27 heavy (non-hydrogen) atoms. The third-order valence-corrected chi connectivity index (χ3v) is 4.67. The van der Waals surface area contributed by atoms with E-state index in [1.807, 2.05) is 6.92 Å². The number of hydrogen-bond acceptors (Lipinski definition) is 6. The van der Waals surface area contributed by atoms with Crippen molar-refractivity contribution < 1.29 is 18.4 Å². The van der Waals surface area contributed by atoms with Crippen LogP contribution in [0.1, 0.15) is 37.6 Å². The lowest BCUT2D eigenvalue weighted by atomic mass is 10.0. The van der Waals surface area contributed by atoms with Crippen molar-refractivity contribution in [3.8, 4) is 11.5 Å². The van der Waals surface area contributed by atoms with Gasteiger partial charge in [-0.3, -0.25) is 4.90 Å². The topological polar surface area (TPSA) is 80.5 Å². The lowest BCUT2D eigenvalue weighted by Crippen LogP contribution is -2.46. The molecule has 2 aromatic rings. The number of nitrogens with one attached hydrogen (secondary N) is 1. The largest absolute Gasteiger partial charge is 0.450 e. The number of rotatable bonds is 6. The summed E-state index contributed by atoms with van der Waals surface area (Å²) in [6.45, 7) is 5.90. The summed E-state index contributed by atoms with van der Waals surface area (Å²) in [4.78, 5) is 18.1. The van der Waals surface area contributed by atoms with Gasteiger partial charge in [-0.1, -0.05) is 23.2 Å². The highest BCUT2D eigenvalue weighted by Crippen LogP contribution is 2.24. The van der Waals surface area contributed by atoms with Gasteiger partial charge in [0.1, 0.15) is 5.82 Å². The van der Waals surface area contributed by atoms with E-state index in [0.717, 1.165) is 31.4 Å². The predicted octanol–water partition coefficient (Wildman–Crippen LogP) is 3.28. The SMILES string of the molecule is CCOC(=O)NCC1CCCCN1Cc1noc(-c2cc(C)ccc2F)n1. The Hall–Kier alpha value is -2.48. The molecule has 1 aliphatic heterocycles. The van der Waals surface area contributed by atoms with Crippen molar-refractivity contribution in [2.24, 2.45) is 0 Å². The van der Waals surface area contributed by atoms with Crippen molar-refractivity contribution in [1.29, 1.82) is 0 Å². The van der Waals surface area contributed by atoms with E-state index >= 15 is 0 Å². The minimum atomic E-state index is -0.403. The highest BCUT2D eigenvalue weighted by atomic mass is 19.1. The monoisotopic (exact) mass is 376 g/mol. The van der Waals surface area contributed by atoms with Crippen LogP contribution in [0.4, 0.5) is 9.18 Å². The molecule has 2 heterocycles. The Balaban J connectivity index is 1.65. The number of ether oxygens (including phenoxy) is 1. The fourth-order valence-corrected chi connectivity index (χ4v) is 3.29. The highest BCUT2D eigenvalue weighted by molar-refractivity contribution is 5.67. The van der Waals surface area contributed by atoms with Crippen molar-refractivity contribution >= 4 is 6.09 Å². The number of carbonyl (C=O) groups is 1. The normalized spacial score (nSPS) is 17.7. The first-order chi connectivity index (χ1) is 13.1. The Bertz CT molecular complexity index is 780. The first-order valence-corrected chi connectivity index (χ1v) is 9.30. The molecule has 1 aliphatic rings. The molecule has 1 saturated heterocycles. The van der Waals surface area contributed by atoms with Gasteiger partial charge in [0.15, 0.2) is 5.82 Å². The number of hydrogen-bond donors (Lipinski definition) is 1. The number of halogens is 1. The van der Waals surface area contributed by atoms with Crippen molar-refractivity contribution in [1.82, 2.24) is 20.4 Å². The minimum Gasteiger partial charge on any atom is -0.450 e. The smallest absolute Gasteiger partial charge is 0.407 e. The molecule has 3 rings (SSSR count). The van der Waals surface area contributed by atoms with Gasteiger partial charge in [0.2, 0.25) is 0 Å². The maximum Gasteiger partial charge on any atom is 0.407 e. The van der Waals surface area contributed by atoms with Gasteiger partial charge >= 0.3 is 6.09 Å². The van der Waals surface area contributed by atoms with Crippen molar-refractivity contribution in [2.45, 2.75) is 45.7 Å². The highest BCUT2D eigenvalue weighted by Gasteiger charge is 2.25. The lowest BCUT2D eigenvalue weighted by Gasteiger charge is -2.34. The van der Waals surface area contributed by atoms with Crippen LogP contribution in [0.15, 0.2) is 22.7 Å². The Morgan fingerprint density at radius 1 is 1.44 bits per heavy atom. The van der Waals surface area contributed by atoms with Crippen molar-refractivity contribution in [3.63, 3.8) is 0 Å². The zero-order valence-corrected chi connectivity index (χ0v) is 15.7. The number of amides is 1. The van der Waals surface area contributed by atoms with Crippen LogP contribution in [-0.2, 0) is 11.3 Å². The number of carbonyl (C=O) groups excluding carboxylic acids is 1. The maximum atomic E-state index is 14.0. The summed E-state index contributed by atoms with van der Waals surface area (Å²) >= 11 is 0. The Morgan fingerprint density at radius 3 is 3.11 bits per heavy atom. The molecule has 0 bridgehead atoms. The van der Waals surface area contributed by atoms with Crippen LogP contribution in [0, 0.1) is 12.7 Å². The van der Waals surface area contributed by atoms with E-state index in [0.29, 0.717) is 31.1 Å². The van der Waals surface area contributed by atoms with Gasteiger partial charge in [-0.2, -0.15) is 4.98 Å². The van der Waals surface area contributed by atoms with Gasteiger partial charge < -0.3 is 14.6 Å². The number of benzene rings is 1. The summed E-state index contributed by atoms with van der Waals surface area (Å²) in [5.74, 6) is 0.309. The lowest BCUT2D eigenvalue weighted by molar-refractivity contribution is 0.120. The first kappa shape index (κ1) is 19.3. The molecule has 1 aromatic carbocycles. The first-order valence-electron chi connectivity index (χ1n) is 9.30. The van der Waals surface area contributed by atoms with Gasteiger partial charge in [0.05, 0.1) is 18.7 Å². The summed E-state index contributed by atoms with van der Waals surface area (Å²) in [6, 6.07) is 4.97.